The lowest BCUT2D eigenvalue weighted by Gasteiger charge is -2.07. The molecule has 1 aromatic heterocycles. The third-order valence-corrected chi connectivity index (χ3v) is 2.92. The number of nitrogens with zero attached hydrogens (tertiary/aromatic N) is 1. The summed E-state index contributed by atoms with van der Waals surface area (Å²) in [4.78, 5) is 27.5. The van der Waals surface area contributed by atoms with Gasteiger partial charge in [0.15, 0.2) is 0 Å². The van der Waals surface area contributed by atoms with Crippen LogP contribution in [0.25, 0.3) is 11.5 Å². The zero-order chi connectivity index (χ0) is 15.4. The van der Waals surface area contributed by atoms with Gasteiger partial charge in [0.2, 0.25) is 11.7 Å². The normalized spacial score (nSPS) is 10.0. The summed E-state index contributed by atoms with van der Waals surface area (Å²) in [5, 5.41) is 0. The number of rotatable bonds is 3. The number of carbonyl (C=O) groups is 2. The molecule has 1 aromatic carbocycles. The van der Waals surface area contributed by atoms with Crippen LogP contribution in [0, 0.1) is 4.64 Å². The van der Waals surface area contributed by atoms with Crippen LogP contribution >= 0.6 is 12.2 Å². The fourth-order valence-electron chi connectivity index (χ4n) is 1.64. The zero-order valence-electron chi connectivity index (χ0n) is 11.3. The molecule has 108 valence electrons. The Bertz CT molecular complexity index is 739. The third kappa shape index (κ3) is 2.97. The van der Waals surface area contributed by atoms with Crippen LogP contribution in [-0.4, -0.2) is 31.1 Å². The molecule has 0 aliphatic heterocycles. The summed E-state index contributed by atoms with van der Waals surface area (Å²) in [6, 6.07) is 8.85. The zero-order valence-corrected chi connectivity index (χ0v) is 12.1. The van der Waals surface area contributed by atoms with Crippen LogP contribution < -0.4 is 0 Å². The summed E-state index contributed by atoms with van der Waals surface area (Å²) in [6.07, 6.45) is 0. The number of ether oxygens (including phenoxy) is 2. The standard InChI is InChI=1S/C14H11NO5S/c1-18-13(16)9-10(14(17)19-2)20-11(15-12(9)21)8-6-4-3-5-7-8/h3-7H,1-2H3. The van der Waals surface area contributed by atoms with Gasteiger partial charge < -0.3 is 13.9 Å². The van der Waals surface area contributed by atoms with Gasteiger partial charge in [0.1, 0.15) is 10.2 Å². The molecular weight excluding hydrogens is 294 g/mol. The number of hydrogen-bond acceptors (Lipinski definition) is 7. The van der Waals surface area contributed by atoms with Crippen molar-refractivity contribution in [3.05, 3.63) is 46.3 Å². The first-order valence-electron chi connectivity index (χ1n) is 5.85. The van der Waals surface area contributed by atoms with Gasteiger partial charge in [0.05, 0.1) is 14.2 Å². The van der Waals surface area contributed by atoms with Crippen molar-refractivity contribution in [1.29, 1.82) is 0 Å². The Kier molecular flexibility index (Phi) is 4.44. The Labute approximate surface area is 125 Å². The Morgan fingerprint density at radius 2 is 1.71 bits per heavy atom. The largest absolute Gasteiger partial charge is 0.465 e. The molecule has 0 aliphatic carbocycles. The molecule has 0 amide bonds. The highest BCUT2D eigenvalue weighted by Crippen LogP contribution is 2.22. The molecule has 2 aromatic rings. The number of methoxy groups -OCH3 is 2. The summed E-state index contributed by atoms with van der Waals surface area (Å²) in [6.45, 7) is 0. The topological polar surface area (TPSA) is 78.6 Å². The molecule has 0 N–H and O–H groups in total. The van der Waals surface area contributed by atoms with Gasteiger partial charge in [-0.15, -0.1) is 0 Å². The van der Waals surface area contributed by atoms with E-state index in [1.165, 1.54) is 14.2 Å². The molecule has 2 rings (SSSR count). The van der Waals surface area contributed by atoms with Crippen LogP contribution in [0.5, 0.6) is 0 Å². The minimum absolute atomic E-state index is 0.0904. The van der Waals surface area contributed by atoms with Crippen molar-refractivity contribution in [2.75, 3.05) is 14.2 Å². The monoisotopic (exact) mass is 305 g/mol. The van der Waals surface area contributed by atoms with Gasteiger partial charge in [-0.3, -0.25) is 0 Å². The first-order valence-corrected chi connectivity index (χ1v) is 6.26. The quantitative estimate of drug-likeness (QED) is 0.637. The minimum Gasteiger partial charge on any atom is -0.465 e. The van der Waals surface area contributed by atoms with Crippen molar-refractivity contribution in [1.82, 2.24) is 4.98 Å². The van der Waals surface area contributed by atoms with E-state index in [4.69, 9.17) is 16.6 Å². The molecule has 6 nitrogen and oxygen atoms in total. The minimum atomic E-state index is -0.832. The van der Waals surface area contributed by atoms with Gasteiger partial charge in [0.25, 0.3) is 0 Å². The van der Waals surface area contributed by atoms with E-state index in [1.54, 1.807) is 24.3 Å². The van der Waals surface area contributed by atoms with Crippen LogP contribution in [0.2, 0.25) is 0 Å². The predicted octanol–water partition coefficient (Wildman–Crippen LogP) is 2.64. The molecule has 7 heteroatoms. The molecular formula is C14H11NO5S. The summed E-state index contributed by atoms with van der Waals surface area (Å²) >= 11 is 5.06. The maximum atomic E-state index is 11.8. The van der Waals surface area contributed by atoms with Crippen molar-refractivity contribution in [3.63, 3.8) is 0 Å². The number of aromatic nitrogens is 1. The molecule has 21 heavy (non-hydrogen) atoms. The van der Waals surface area contributed by atoms with Gasteiger partial charge in [-0.1, -0.05) is 30.4 Å². The van der Waals surface area contributed by atoms with E-state index in [-0.39, 0.29) is 21.9 Å². The smallest absolute Gasteiger partial charge is 0.375 e. The van der Waals surface area contributed by atoms with Crippen molar-refractivity contribution in [2.45, 2.75) is 0 Å². The van der Waals surface area contributed by atoms with Crippen molar-refractivity contribution in [3.8, 4) is 11.5 Å². The fraction of sp³-hybridized carbons (Fsp3) is 0.143. The van der Waals surface area contributed by atoms with Crippen LogP contribution in [0.15, 0.2) is 34.7 Å². The van der Waals surface area contributed by atoms with Crippen LogP contribution in [0.3, 0.4) is 0 Å². The first-order chi connectivity index (χ1) is 10.1. The lowest BCUT2D eigenvalue weighted by Crippen LogP contribution is -2.14. The highest BCUT2D eigenvalue weighted by atomic mass is 32.1. The molecule has 1 heterocycles. The highest BCUT2D eigenvalue weighted by Gasteiger charge is 2.25. The van der Waals surface area contributed by atoms with Crippen LogP contribution in [0.4, 0.5) is 0 Å². The van der Waals surface area contributed by atoms with Gasteiger partial charge in [-0.2, -0.15) is 0 Å². The molecule has 0 bridgehead atoms. The lowest BCUT2D eigenvalue weighted by molar-refractivity contribution is 0.0520. The van der Waals surface area contributed by atoms with E-state index in [9.17, 15) is 9.59 Å². The van der Waals surface area contributed by atoms with Gasteiger partial charge in [-0.25, -0.2) is 14.6 Å². The average molecular weight is 305 g/mol. The van der Waals surface area contributed by atoms with E-state index >= 15 is 0 Å². The van der Waals surface area contributed by atoms with Crippen LogP contribution in [0.1, 0.15) is 20.9 Å². The third-order valence-electron chi connectivity index (χ3n) is 2.62. The molecule has 0 atom stereocenters. The fourth-order valence-corrected chi connectivity index (χ4v) is 1.90. The Morgan fingerprint density at radius 1 is 1.10 bits per heavy atom. The molecule has 0 spiro atoms. The lowest BCUT2D eigenvalue weighted by atomic mass is 10.2. The summed E-state index contributed by atoms with van der Waals surface area (Å²) in [7, 11) is 2.34. The summed E-state index contributed by atoms with van der Waals surface area (Å²) < 4.78 is 14.5. The highest BCUT2D eigenvalue weighted by molar-refractivity contribution is 7.71. The maximum absolute atomic E-state index is 11.8. The van der Waals surface area contributed by atoms with E-state index in [0.717, 1.165) is 0 Å². The second kappa shape index (κ2) is 6.27. The molecule has 0 unspecified atom stereocenters. The van der Waals surface area contributed by atoms with Gasteiger partial charge in [-0.05, 0) is 12.1 Å². The predicted molar refractivity (Wildman–Crippen MR) is 75.5 cm³/mol. The number of carbonyl (C=O) groups excluding carboxylic acids is 2. The first kappa shape index (κ1) is 14.9. The Morgan fingerprint density at radius 3 is 2.29 bits per heavy atom. The molecule has 0 aliphatic rings. The van der Waals surface area contributed by atoms with Gasteiger partial charge in [0, 0.05) is 5.56 Å². The van der Waals surface area contributed by atoms with E-state index in [1.807, 2.05) is 6.07 Å². The number of esters is 2. The Balaban J connectivity index is 2.69. The number of benzene rings is 1. The van der Waals surface area contributed by atoms with Gasteiger partial charge >= 0.3 is 11.9 Å². The molecule has 0 saturated heterocycles. The van der Waals surface area contributed by atoms with Crippen molar-refractivity contribution < 1.29 is 23.5 Å². The van der Waals surface area contributed by atoms with Crippen LogP contribution in [-0.2, 0) is 9.47 Å². The molecule has 0 saturated carbocycles. The van der Waals surface area contributed by atoms with Crippen molar-refractivity contribution in [2.24, 2.45) is 0 Å². The Hall–Kier alpha value is -2.54. The summed E-state index contributed by atoms with van der Waals surface area (Å²) in [5.74, 6) is -1.85. The van der Waals surface area contributed by atoms with E-state index in [2.05, 4.69) is 14.5 Å². The second-order valence-electron chi connectivity index (χ2n) is 3.88. The summed E-state index contributed by atoms with van der Waals surface area (Å²) in [5.41, 5.74) is 0.393. The molecule has 0 fully saturated rings. The van der Waals surface area contributed by atoms with E-state index in [0.29, 0.717) is 5.56 Å². The maximum Gasteiger partial charge on any atom is 0.375 e. The molecule has 0 radical (unpaired) electrons. The van der Waals surface area contributed by atoms with Crippen molar-refractivity contribution >= 4 is 24.2 Å². The average Bonchev–Trinajstić information content (AvgIpc) is 2.53. The van der Waals surface area contributed by atoms with E-state index < -0.39 is 11.9 Å². The SMILES string of the molecule is COC(=O)c1oc(-c2ccccc2)nc(=S)c1C(=O)OC. The number of hydrogen-bond donors (Lipinski definition) is 0. The second-order valence-corrected chi connectivity index (χ2v) is 4.26.